The first-order valence-electron chi connectivity index (χ1n) is 7.18. The quantitative estimate of drug-likeness (QED) is 0.722. The average molecular weight is 276 g/mol. The minimum Gasteiger partial charge on any atom is -0.394 e. The number of aliphatic hydroxyl groups excluding tert-OH is 2. The maximum atomic E-state index is 9.64. The van der Waals surface area contributed by atoms with Crippen molar-refractivity contribution in [1.82, 2.24) is 9.88 Å². The summed E-state index contributed by atoms with van der Waals surface area (Å²) in [7, 11) is 0. The third kappa shape index (κ3) is 3.60. The van der Waals surface area contributed by atoms with Gasteiger partial charge in [-0.2, -0.15) is 0 Å². The Bertz CT molecular complexity index is 548. The molecule has 0 aliphatic heterocycles. The van der Waals surface area contributed by atoms with Crippen LogP contribution in [-0.4, -0.2) is 34.0 Å². The van der Waals surface area contributed by atoms with E-state index in [9.17, 15) is 5.11 Å². The van der Waals surface area contributed by atoms with Gasteiger partial charge in [-0.25, -0.2) is 0 Å². The van der Waals surface area contributed by atoms with E-state index in [2.05, 4.69) is 37.4 Å². The van der Waals surface area contributed by atoms with Crippen LogP contribution in [0.5, 0.6) is 0 Å². The van der Waals surface area contributed by atoms with Gasteiger partial charge >= 0.3 is 0 Å². The van der Waals surface area contributed by atoms with Crippen LogP contribution in [0.3, 0.4) is 0 Å². The summed E-state index contributed by atoms with van der Waals surface area (Å²) in [6.45, 7) is 6.38. The summed E-state index contributed by atoms with van der Waals surface area (Å²) in [6, 6.07) is 8.29. The van der Waals surface area contributed by atoms with Crippen LogP contribution in [0.25, 0.3) is 10.9 Å². The van der Waals surface area contributed by atoms with Crippen molar-refractivity contribution >= 4 is 10.9 Å². The van der Waals surface area contributed by atoms with E-state index in [1.54, 1.807) is 0 Å². The highest BCUT2D eigenvalue weighted by Gasteiger charge is 2.10. The maximum absolute atomic E-state index is 9.64. The number of fused-ring (bicyclic) bond motifs is 1. The van der Waals surface area contributed by atoms with Crippen LogP contribution in [-0.2, 0) is 13.1 Å². The highest BCUT2D eigenvalue weighted by Crippen LogP contribution is 2.21. The number of benzene rings is 1. The fourth-order valence-corrected chi connectivity index (χ4v) is 2.42. The molecule has 2 aromatic rings. The SMILES string of the molecule is CC(C)CNCc1cccc2ccn(CC(O)CO)c12. The predicted molar refractivity (Wildman–Crippen MR) is 81.6 cm³/mol. The van der Waals surface area contributed by atoms with Gasteiger partial charge in [0.05, 0.1) is 24.8 Å². The fraction of sp³-hybridized carbons (Fsp3) is 0.500. The number of nitrogens with zero attached hydrogens (tertiary/aromatic N) is 1. The number of hydrogen-bond donors (Lipinski definition) is 3. The molecule has 0 saturated heterocycles. The van der Waals surface area contributed by atoms with Gasteiger partial charge in [-0.3, -0.25) is 0 Å². The van der Waals surface area contributed by atoms with Crippen LogP contribution in [0.4, 0.5) is 0 Å². The number of hydrogen-bond acceptors (Lipinski definition) is 3. The molecule has 0 aliphatic carbocycles. The second-order valence-corrected chi connectivity index (χ2v) is 5.68. The summed E-state index contributed by atoms with van der Waals surface area (Å²) in [5.74, 6) is 0.622. The summed E-state index contributed by atoms with van der Waals surface area (Å²) in [6.07, 6.45) is 1.25. The van der Waals surface area contributed by atoms with Crippen molar-refractivity contribution in [2.45, 2.75) is 33.0 Å². The Labute approximate surface area is 120 Å². The third-order valence-electron chi connectivity index (χ3n) is 3.36. The first-order valence-corrected chi connectivity index (χ1v) is 7.18. The van der Waals surface area contributed by atoms with Gasteiger partial charge in [0.1, 0.15) is 0 Å². The van der Waals surface area contributed by atoms with Crippen LogP contribution >= 0.6 is 0 Å². The van der Waals surface area contributed by atoms with Gasteiger partial charge in [0, 0.05) is 12.7 Å². The minimum absolute atomic E-state index is 0.215. The number of rotatable bonds is 7. The summed E-state index contributed by atoms with van der Waals surface area (Å²) < 4.78 is 2.02. The Kier molecular flexibility index (Phi) is 5.17. The predicted octanol–water partition coefficient (Wildman–Crippen LogP) is 1.74. The van der Waals surface area contributed by atoms with Gasteiger partial charge in [-0.1, -0.05) is 32.0 Å². The summed E-state index contributed by atoms with van der Waals surface area (Å²) in [4.78, 5) is 0. The smallest absolute Gasteiger partial charge is 0.0949 e. The summed E-state index contributed by atoms with van der Waals surface area (Å²) in [5, 5.41) is 23.3. The molecule has 0 amide bonds. The van der Waals surface area contributed by atoms with E-state index in [0.29, 0.717) is 12.5 Å². The molecule has 0 fully saturated rings. The van der Waals surface area contributed by atoms with Crippen molar-refractivity contribution in [3.05, 3.63) is 36.0 Å². The van der Waals surface area contributed by atoms with Gasteiger partial charge in [0.2, 0.25) is 0 Å². The Morgan fingerprint density at radius 2 is 2.05 bits per heavy atom. The fourth-order valence-electron chi connectivity index (χ4n) is 2.42. The lowest BCUT2D eigenvalue weighted by Gasteiger charge is -2.14. The van der Waals surface area contributed by atoms with Crippen LogP contribution < -0.4 is 5.32 Å². The van der Waals surface area contributed by atoms with Crippen molar-refractivity contribution in [3.63, 3.8) is 0 Å². The molecule has 1 heterocycles. The van der Waals surface area contributed by atoms with Crippen LogP contribution in [0.1, 0.15) is 19.4 Å². The molecule has 0 radical (unpaired) electrons. The molecule has 1 aromatic heterocycles. The van der Waals surface area contributed by atoms with Gasteiger partial charge in [-0.15, -0.1) is 0 Å². The largest absolute Gasteiger partial charge is 0.394 e. The molecule has 3 N–H and O–H groups in total. The topological polar surface area (TPSA) is 57.4 Å². The summed E-state index contributed by atoms with van der Waals surface area (Å²) in [5.41, 5.74) is 2.36. The highest BCUT2D eigenvalue weighted by atomic mass is 16.3. The molecule has 1 atom stereocenters. The van der Waals surface area contributed by atoms with E-state index in [1.165, 1.54) is 10.9 Å². The van der Waals surface area contributed by atoms with Crippen molar-refractivity contribution in [2.75, 3.05) is 13.2 Å². The zero-order valence-corrected chi connectivity index (χ0v) is 12.2. The van der Waals surface area contributed by atoms with Gasteiger partial charge in [-0.05, 0) is 29.5 Å². The number of aliphatic hydroxyl groups is 2. The van der Waals surface area contributed by atoms with Gasteiger partial charge in [0.25, 0.3) is 0 Å². The number of aromatic nitrogens is 1. The van der Waals surface area contributed by atoms with E-state index >= 15 is 0 Å². The van der Waals surface area contributed by atoms with Crippen molar-refractivity contribution < 1.29 is 10.2 Å². The monoisotopic (exact) mass is 276 g/mol. The van der Waals surface area contributed by atoms with E-state index in [4.69, 9.17) is 5.11 Å². The maximum Gasteiger partial charge on any atom is 0.0949 e. The Balaban J connectivity index is 2.22. The standard InChI is InChI=1S/C16H24N2O2/c1-12(2)8-17-9-14-5-3-4-13-6-7-18(16(13)14)10-15(20)11-19/h3-7,12,15,17,19-20H,8-11H2,1-2H3. The van der Waals surface area contributed by atoms with E-state index < -0.39 is 6.10 Å². The molecule has 110 valence electrons. The van der Waals surface area contributed by atoms with Crippen LogP contribution in [0.2, 0.25) is 0 Å². The van der Waals surface area contributed by atoms with E-state index in [0.717, 1.165) is 18.6 Å². The van der Waals surface area contributed by atoms with Crippen molar-refractivity contribution in [2.24, 2.45) is 5.92 Å². The Hall–Kier alpha value is -1.36. The second kappa shape index (κ2) is 6.88. The van der Waals surface area contributed by atoms with Gasteiger partial charge in [0.15, 0.2) is 0 Å². The molecule has 0 saturated carbocycles. The zero-order chi connectivity index (χ0) is 14.5. The normalized spacial score (nSPS) is 13.2. The number of nitrogens with one attached hydrogen (secondary N) is 1. The molecule has 4 nitrogen and oxygen atoms in total. The molecule has 0 spiro atoms. The summed E-state index contributed by atoms with van der Waals surface area (Å²) >= 11 is 0. The molecule has 0 bridgehead atoms. The average Bonchev–Trinajstić information content (AvgIpc) is 2.82. The van der Waals surface area contributed by atoms with E-state index in [-0.39, 0.29) is 6.61 Å². The lowest BCUT2D eigenvalue weighted by molar-refractivity contribution is 0.0822. The zero-order valence-electron chi connectivity index (χ0n) is 12.2. The Morgan fingerprint density at radius 3 is 2.75 bits per heavy atom. The minimum atomic E-state index is -0.720. The molecule has 20 heavy (non-hydrogen) atoms. The molecule has 1 unspecified atom stereocenters. The first-order chi connectivity index (χ1) is 9.61. The first kappa shape index (κ1) is 15.0. The number of para-hydroxylation sites is 1. The Morgan fingerprint density at radius 1 is 1.25 bits per heavy atom. The van der Waals surface area contributed by atoms with Crippen molar-refractivity contribution in [1.29, 1.82) is 0 Å². The van der Waals surface area contributed by atoms with E-state index in [1.807, 2.05) is 16.8 Å². The second-order valence-electron chi connectivity index (χ2n) is 5.68. The third-order valence-corrected chi connectivity index (χ3v) is 3.36. The molecular weight excluding hydrogens is 252 g/mol. The molecule has 4 heteroatoms. The molecule has 0 aliphatic rings. The molecular formula is C16H24N2O2. The molecule has 2 rings (SSSR count). The highest BCUT2D eigenvalue weighted by molar-refractivity contribution is 5.83. The van der Waals surface area contributed by atoms with Crippen LogP contribution in [0, 0.1) is 5.92 Å². The van der Waals surface area contributed by atoms with Crippen molar-refractivity contribution in [3.8, 4) is 0 Å². The lowest BCUT2D eigenvalue weighted by atomic mass is 10.1. The van der Waals surface area contributed by atoms with Crippen LogP contribution in [0.15, 0.2) is 30.5 Å². The lowest BCUT2D eigenvalue weighted by Crippen LogP contribution is -2.21. The van der Waals surface area contributed by atoms with Gasteiger partial charge < -0.3 is 20.1 Å². The molecule has 1 aromatic carbocycles.